The standard InChI is InChI=1S/C13H14ClN3O3/c1-17-12(19)6-10(13(17)20)15-7-11(18)16-9-4-2-3-8(14)5-9/h2-5,10,15H,6-7H2,1H3,(H,16,18). The van der Waals surface area contributed by atoms with Crippen molar-refractivity contribution >= 4 is 35.0 Å². The zero-order chi connectivity index (χ0) is 14.7. The summed E-state index contributed by atoms with van der Waals surface area (Å²) in [5.74, 6) is -0.865. The van der Waals surface area contributed by atoms with E-state index < -0.39 is 6.04 Å². The lowest BCUT2D eigenvalue weighted by atomic mass is 10.2. The predicted octanol–water partition coefficient (Wildman–Crippen LogP) is 0.625. The van der Waals surface area contributed by atoms with Gasteiger partial charge in [0.25, 0.3) is 0 Å². The van der Waals surface area contributed by atoms with Crippen LogP contribution in [0, 0.1) is 0 Å². The third-order valence-electron chi connectivity index (χ3n) is 3.00. The maximum absolute atomic E-state index is 11.7. The van der Waals surface area contributed by atoms with Crippen LogP contribution in [0.15, 0.2) is 24.3 Å². The van der Waals surface area contributed by atoms with E-state index in [1.807, 2.05) is 0 Å². The SMILES string of the molecule is CN1C(=O)CC(NCC(=O)Nc2cccc(Cl)c2)C1=O. The number of carbonyl (C=O) groups is 3. The Morgan fingerprint density at radius 3 is 2.80 bits per heavy atom. The summed E-state index contributed by atoms with van der Waals surface area (Å²) in [5, 5.41) is 5.94. The molecule has 106 valence electrons. The second-order valence-corrected chi connectivity index (χ2v) is 4.92. The fourth-order valence-electron chi connectivity index (χ4n) is 1.90. The van der Waals surface area contributed by atoms with Crippen LogP contribution in [0.1, 0.15) is 6.42 Å². The number of nitrogens with one attached hydrogen (secondary N) is 2. The molecule has 1 aromatic carbocycles. The van der Waals surface area contributed by atoms with Crippen LogP contribution in [0.5, 0.6) is 0 Å². The zero-order valence-corrected chi connectivity index (χ0v) is 11.6. The molecule has 0 aliphatic carbocycles. The van der Waals surface area contributed by atoms with E-state index in [2.05, 4.69) is 10.6 Å². The Hall–Kier alpha value is -1.92. The first kappa shape index (κ1) is 14.5. The summed E-state index contributed by atoms with van der Waals surface area (Å²) < 4.78 is 0. The number of imide groups is 1. The molecule has 1 atom stereocenters. The summed E-state index contributed by atoms with van der Waals surface area (Å²) in [5.41, 5.74) is 0.579. The number of hydrogen-bond acceptors (Lipinski definition) is 4. The second kappa shape index (κ2) is 6.02. The van der Waals surface area contributed by atoms with E-state index in [1.54, 1.807) is 24.3 Å². The molecule has 0 saturated carbocycles. The summed E-state index contributed by atoms with van der Waals surface area (Å²) in [6, 6.07) is 6.13. The van der Waals surface area contributed by atoms with E-state index in [0.717, 1.165) is 4.90 Å². The van der Waals surface area contributed by atoms with Crippen LogP contribution in [0.2, 0.25) is 5.02 Å². The molecule has 1 fully saturated rings. The molecule has 0 spiro atoms. The van der Waals surface area contributed by atoms with Gasteiger partial charge in [-0.1, -0.05) is 17.7 Å². The molecule has 1 unspecified atom stereocenters. The van der Waals surface area contributed by atoms with Crippen molar-refractivity contribution in [3.05, 3.63) is 29.3 Å². The summed E-state index contributed by atoms with van der Waals surface area (Å²) >= 11 is 5.81. The Kier molecular flexibility index (Phi) is 4.36. The Balaban J connectivity index is 1.84. The van der Waals surface area contributed by atoms with E-state index in [-0.39, 0.29) is 30.7 Å². The van der Waals surface area contributed by atoms with Crippen LogP contribution in [0.3, 0.4) is 0 Å². The van der Waals surface area contributed by atoms with Crippen molar-refractivity contribution in [1.82, 2.24) is 10.2 Å². The molecule has 1 aromatic rings. The van der Waals surface area contributed by atoms with Crippen molar-refractivity contribution in [2.45, 2.75) is 12.5 Å². The molecular weight excluding hydrogens is 282 g/mol. The molecule has 1 aliphatic rings. The van der Waals surface area contributed by atoms with Gasteiger partial charge in [-0.2, -0.15) is 0 Å². The number of hydrogen-bond donors (Lipinski definition) is 2. The highest BCUT2D eigenvalue weighted by Gasteiger charge is 2.35. The predicted molar refractivity (Wildman–Crippen MR) is 74.3 cm³/mol. The lowest BCUT2D eigenvalue weighted by Gasteiger charge is -2.11. The molecular formula is C13H14ClN3O3. The van der Waals surface area contributed by atoms with Crippen LogP contribution in [0.4, 0.5) is 5.69 Å². The molecule has 1 saturated heterocycles. The van der Waals surface area contributed by atoms with Gasteiger partial charge in [0.1, 0.15) is 0 Å². The largest absolute Gasteiger partial charge is 0.325 e. The third-order valence-corrected chi connectivity index (χ3v) is 3.23. The highest BCUT2D eigenvalue weighted by Crippen LogP contribution is 2.14. The van der Waals surface area contributed by atoms with E-state index in [0.29, 0.717) is 10.7 Å². The van der Waals surface area contributed by atoms with Crippen LogP contribution in [-0.4, -0.2) is 42.3 Å². The number of likely N-dealkylation sites (tertiary alicyclic amines) is 1. The molecule has 6 nitrogen and oxygen atoms in total. The van der Waals surface area contributed by atoms with E-state index in [1.165, 1.54) is 7.05 Å². The molecule has 1 aliphatic heterocycles. The van der Waals surface area contributed by atoms with Crippen molar-refractivity contribution in [3.8, 4) is 0 Å². The first-order valence-corrected chi connectivity index (χ1v) is 6.44. The van der Waals surface area contributed by atoms with Gasteiger partial charge in [-0.15, -0.1) is 0 Å². The van der Waals surface area contributed by atoms with Gasteiger partial charge >= 0.3 is 0 Å². The van der Waals surface area contributed by atoms with Crippen LogP contribution >= 0.6 is 11.6 Å². The first-order valence-electron chi connectivity index (χ1n) is 6.06. The number of carbonyl (C=O) groups excluding carboxylic acids is 3. The molecule has 1 heterocycles. The number of rotatable bonds is 4. The minimum atomic E-state index is -0.627. The van der Waals surface area contributed by atoms with E-state index in [9.17, 15) is 14.4 Å². The van der Waals surface area contributed by atoms with E-state index in [4.69, 9.17) is 11.6 Å². The number of amides is 3. The van der Waals surface area contributed by atoms with Crippen molar-refractivity contribution in [2.75, 3.05) is 18.9 Å². The Morgan fingerprint density at radius 2 is 2.20 bits per heavy atom. The van der Waals surface area contributed by atoms with Gasteiger partial charge in [-0.05, 0) is 18.2 Å². The lowest BCUT2D eigenvalue weighted by molar-refractivity contribution is -0.137. The van der Waals surface area contributed by atoms with E-state index >= 15 is 0 Å². The number of benzene rings is 1. The Labute approximate surface area is 121 Å². The normalized spacial score (nSPS) is 18.5. The summed E-state index contributed by atoms with van der Waals surface area (Å²) in [4.78, 5) is 35.7. The van der Waals surface area contributed by atoms with Gasteiger partial charge in [-0.3, -0.25) is 24.6 Å². The quantitative estimate of drug-likeness (QED) is 0.799. The van der Waals surface area contributed by atoms with Crippen molar-refractivity contribution < 1.29 is 14.4 Å². The molecule has 7 heteroatoms. The maximum atomic E-state index is 11.7. The van der Waals surface area contributed by atoms with Gasteiger partial charge in [0, 0.05) is 17.8 Å². The summed E-state index contributed by atoms with van der Waals surface area (Å²) in [6.07, 6.45) is 0.0831. The molecule has 0 bridgehead atoms. The van der Waals surface area contributed by atoms with Crippen molar-refractivity contribution in [3.63, 3.8) is 0 Å². The van der Waals surface area contributed by atoms with Crippen molar-refractivity contribution in [1.29, 1.82) is 0 Å². The molecule has 2 N–H and O–H groups in total. The lowest BCUT2D eigenvalue weighted by Crippen LogP contribution is -2.41. The minimum Gasteiger partial charge on any atom is -0.325 e. The number of nitrogens with zero attached hydrogens (tertiary/aromatic N) is 1. The number of halogens is 1. The van der Waals surface area contributed by atoms with Crippen LogP contribution in [0.25, 0.3) is 0 Å². The fourth-order valence-corrected chi connectivity index (χ4v) is 2.09. The molecule has 2 rings (SSSR count). The molecule has 20 heavy (non-hydrogen) atoms. The highest BCUT2D eigenvalue weighted by molar-refractivity contribution is 6.30. The summed E-state index contributed by atoms with van der Waals surface area (Å²) in [6.45, 7) is -0.0515. The number of anilines is 1. The van der Waals surface area contributed by atoms with Gasteiger partial charge in [-0.25, -0.2) is 0 Å². The number of likely N-dealkylation sites (N-methyl/N-ethyl adjacent to an activating group) is 1. The monoisotopic (exact) mass is 295 g/mol. The summed E-state index contributed by atoms with van der Waals surface area (Å²) in [7, 11) is 1.43. The van der Waals surface area contributed by atoms with Crippen LogP contribution < -0.4 is 10.6 Å². The zero-order valence-electron chi connectivity index (χ0n) is 10.9. The average Bonchev–Trinajstić information content (AvgIpc) is 2.64. The van der Waals surface area contributed by atoms with Gasteiger partial charge in [0.05, 0.1) is 19.0 Å². The molecule has 0 aromatic heterocycles. The second-order valence-electron chi connectivity index (χ2n) is 4.49. The first-order chi connectivity index (χ1) is 9.47. The van der Waals surface area contributed by atoms with Gasteiger partial charge < -0.3 is 5.32 Å². The Bertz CT molecular complexity index is 562. The van der Waals surface area contributed by atoms with Crippen molar-refractivity contribution in [2.24, 2.45) is 0 Å². The third kappa shape index (κ3) is 3.34. The fraction of sp³-hybridized carbons (Fsp3) is 0.308. The molecule has 3 amide bonds. The topological polar surface area (TPSA) is 78.5 Å². The smallest absolute Gasteiger partial charge is 0.246 e. The Morgan fingerprint density at radius 1 is 1.45 bits per heavy atom. The highest BCUT2D eigenvalue weighted by atomic mass is 35.5. The minimum absolute atomic E-state index is 0.0515. The average molecular weight is 296 g/mol. The van der Waals surface area contributed by atoms with Crippen LogP contribution in [-0.2, 0) is 14.4 Å². The molecule has 0 radical (unpaired) electrons. The maximum Gasteiger partial charge on any atom is 0.246 e. The van der Waals surface area contributed by atoms with Gasteiger partial charge in [0.15, 0.2) is 0 Å². The van der Waals surface area contributed by atoms with Gasteiger partial charge in [0.2, 0.25) is 17.7 Å².